The summed E-state index contributed by atoms with van der Waals surface area (Å²) in [4.78, 5) is 13.1. The Balaban J connectivity index is 1.60. The van der Waals surface area contributed by atoms with Gasteiger partial charge in [-0.2, -0.15) is 5.10 Å². The van der Waals surface area contributed by atoms with Crippen LogP contribution in [0.15, 0.2) is 82.8 Å². The van der Waals surface area contributed by atoms with Crippen molar-refractivity contribution in [3.05, 3.63) is 105 Å². The number of amides is 1. The fourth-order valence-electron chi connectivity index (χ4n) is 4.40. The molecule has 1 heterocycles. The number of aromatic nitrogens is 1. The van der Waals surface area contributed by atoms with Gasteiger partial charge in [-0.05, 0) is 76.2 Å². The fourth-order valence-corrected chi connectivity index (χ4v) is 6.35. The third-order valence-corrected chi connectivity index (χ3v) is 8.51. The summed E-state index contributed by atoms with van der Waals surface area (Å²) >= 11 is 12.4. The Morgan fingerprint density at radius 2 is 1.66 bits per heavy atom. The Hall–Kier alpha value is -3.79. The molecule has 11 heteroatoms. The molecular weight excluding hydrogens is 583 g/mol. The molecule has 0 aliphatic heterocycles. The zero-order valence-corrected chi connectivity index (χ0v) is 25.4. The lowest BCUT2D eigenvalue weighted by molar-refractivity contribution is -0.119. The van der Waals surface area contributed by atoms with Crippen molar-refractivity contribution in [1.29, 1.82) is 0 Å². The largest absolute Gasteiger partial charge is 0.492 e. The topological polar surface area (TPSA) is 93.0 Å². The van der Waals surface area contributed by atoms with Gasteiger partial charge < -0.3 is 9.30 Å². The maximum absolute atomic E-state index is 13.7. The first kappa shape index (κ1) is 30.2. The summed E-state index contributed by atoms with van der Waals surface area (Å²) in [7, 11) is -4.11. The summed E-state index contributed by atoms with van der Waals surface area (Å²) in [5, 5.41) is 5.14. The molecule has 41 heavy (non-hydrogen) atoms. The number of anilines is 1. The lowest BCUT2D eigenvalue weighted by Crippen LogP contribution is -2.39. The molecule has 0 bridgehead atoms. The van der Waals surface area contributed by atoms with Gasteiger partial charge in [0.15, 0.2) is 0 Å². The van der Waals surface area contributed by atoms with Gasteiger partial charge in [0.1, 0.15) is 12.3 Å². The van der Waals surface area contributed by atoms with Crippen LogP contribution in [0.4, 0.5) is 5.69 Å². The highest BCUT2D eigenvalue weighted by Crippen LogP contribution is 2.32. The maximum Gasteiger partial charge on any atom is 0.264 e. The normalized spacial score (nSPS) is 11.6. The van der Waals surface area contributed by atoms with Crippen molar-refractivity contribution in [3.63, 3.8) is 0 Å². The molecule has 0 aliphatic carbocycles. The van der Waals surface area contributed by atoms with Crippen molar-refractivity contribution < 1.29 is 17.9 Å². The average molecular weight is 614 g/mol. The first-order valence-electron chi connectivity index (χ1n) is 12.8. The van der Waals surface area contributed by atoms with E-state index >= 15 is 0 Å². The van der Waals surface area contributed by atoms with E-state index in [1.54, 1.807) is 61.5 Å². The number of sulfonamides is 1. The highest BCUT2D eigenvalue weighted by molar-refractivity contribution is 7.92. The van der Waals surface area contributed by atoms with E-state index in [0.29, 0.717) is 22.4 Å². The van der Waals surface area contributed by atoms with Crippen molar-refractivity contribution in [2.75, 3.05) is 17.5 Å². The molecule has 1 amide bonds. The van der Waals surface area contributed by atoms with Gasteiger partial charge in [-0.15, -0.1) is 0 Å². The van der Waals surface area contributed by atoms with Gasteiger partial charge in [0.2, 0.25) is 0 Å². The quantitative estimate of drug-likeness (QED) is 0.164. The first-order valence-corrected chi connectivity index (χ1v) is 15.0. The number of halogens is 2. The number of nitrogens with one attached hydrogen (secondary N) is 1. The number of para-hydroxylation sites is 2. The predicted octanol–water partition coefficient (Wildman–Crippen LogP) is 6.45. The van der Waals surface area contributed by atoms with Gasteiger partial charge in [0.25, 0.3) is 15.9 Å². The molecule has 8 nitrogen and oxygen atoms in total. The molecule has 0 aliphatic rings. The molecule has 0 saturated carbocycles. The number of hydrogen-bond donors (Lipinski definition) is 1. The van der Waals surface area contributed by atoms with Gasteiger partial charge in [-0.1, -0.05) is 53.0 Å². The number of benzene rings is 3. The van der Waals surface area contributed by atoms with Crippen LogP contribution in [-0.4, -0.2) is 38.3 Å². The Bertz CT molecular complexity index is 1680. The van der Waals surface area contributed by atoms with Crippen molar-refractivity contribution in [3.8, 4) is 11.4 Å². The minimum Gasteiger partial charge on any atom is -0.492 e. The van der Waals surface area contributed by atoms with Crippen LogP contribution < -0.4 is 14.5 Å². The van der Waals surface area contributed by atoms with Gasteiger partial charge in [-0.3, -0.25) is 9.10 Å². The number of hydrogen-bond acceptors (Lipinski definition) is 5. The molecule has 214 valence electrons. The second-order valence-corrected chi connectivity index (χ2v) is 12.0. The number of hydrazone groups is 1. The highest BCUT2D eigenvalue weighted by Gasteiger charge is 2.29. The fraction of sp³-hybridized carbons (Fsp3) is 0.200. The smallest absolute Gasteiger partial charge is 0.264 e. The summed E-state index contributed by atoms with van der Waals surface area (Å²) in [5.41, 5.74) is 6.94. The number of ether oxygens (including phenoxy) is 1. The van der Waals surface area contributed by atoms with E-state index in [2.05, 4.69) is 10.5 Å². The number of rotatable bonds is 10. The standard InChI is InChI=1S/C30H30Cl2N4O4S/c1-5-40-29-9-7-6-8-28(29)35(41(38,39)27-12-10-20(2)11-13-27)19-30(37)34-33-18-23-14-21(3)36(22(23)4)26-16-24(31)15-25(32)17-26/h6-18H,5,19H2,1-4H3,(H,34,37)/b33-18-. The van der Waals surface area contributed by atoms with E-state index in [1.807, 2.05) is 31.4 Å². The Kier molecular flexibility index (Phi) is 9.42. The van der Waals surface area contributed by atoms with Crippen molar-refractivity contribution in [2.24, 2.45) is 5.10 Å². The molecular formula is C30H30Cl2N4O4S. The van der Waals surface area contributed by atoms with Crippen molar-refractivity contribution >= 4 is 51.0 Å². The van der Waals surface area contributed by atoms with Gasteiger partial charge in [0, 0.05) is 32.7 Å². The van der Waals surface area contributed by atoms with Crippen LogP contribution in [0.5, 0.6) is 5.75 Å². The van der Waals surface area contributed by atoms with Gasteiger partial charge in [-0.25, -0.2) is 13.8 Å². The van der Waals surface area contributed by atoms with E-state index < -0.39 is 22.5 Å². The monoisotopic (exact) mass is 612 g/mol. The maximum atomic E-state index is 13.7. The first-order chi connectivity index (χ1) is 19.5. The van der Waals surface area contributed by atoms with Crippen LogP contribution in [0.1, 0.15) is 29.4 Å². The minimum absolute atomic E-state index is 0.0549. The molecule has 4 rings (SSSR count). The Morgan fingerprint density at radius 3 is 2.32 bits per heavy atom. The van der Waals surface area contributed by atoms with Crippen LogP contribution in [0.25, 0.3) is 5.69 Å². The molecule has 0 fully saturated rings. The van der Waals surface area contributed by atoms with Crippen LogP contribution in [0, 0.1) is 20.8 Å². The summed E-state index contributed by atoms with van der Waals surface area (Å²) in [5.74, 6) is -0.283. The molecule has 3 aromatic carbocycles. The van der Waals surface area contributed by atoms with E-state index in [1.165, 1.54) is 18.3 Å². The SMILES string of the molecule is CCOc1ccccc1N(CC(=O)N/N=C\c1cc(C)n(-c2cc(Cl)cc(Cl)c2)c1C)S(=O)(=O)c1ccc(C)cc1. The van der Waals surface area contributed by atoms with Crippen molar-refractivity contribution in [1.82, 2.24) is 9.99 Å². The van der Waals surface area contributed by atoms with Gasteiger partial charge >= 0.3 is 0 Å². The summed E-state index contributed by atoms with van der Waals surface area (Å²) < 4.78 is 36.1. The third kappa shape index (κ3) is 6.93. The van der Waals surface area contributed by atoms with Crippen LogP contribution in [0.2, 0.25) is 10.0 Å². The number of nitrogens with zero attached hydrogens (tertiary/aromatic N) is 3. The molecule has 1 aromatic heterocycles. The number of aryl methyl sites for hydroxylation is 2. The molecule has 1 N–H and O–H groups in total. The highest BCUT2D eigenvalue weighted by atomic mass is 35.5. The minimum atomic E-state index is -4.11. The number of carbonyl (C=O) groups excluding carboxylic acids is 1. The molecule has 0 saturated heterocycles. The lowest BCUT2D eigenvalue weighted by atomic mass is 10.2. The number of carbonyl (C=O) groups is 1. The van der Waals surface area contributed by atoms with Crippen molar-refractivity contribution in [2.45, 2.75) is 32.6 Å². The zero-order valence-electron chi connectivity index (χ0n) is 23.1. The molecule has 0 spiro atoms. The molecule has 0 atom stereocenters. The van der Waals surface area contributed by atoms with Crippen LogP contribution in [0.3, 0.4) is 0 Å². The average Bonchev–Trinajstić information content (AvgIpc) is 3.20. The van der Waals surface area contributed by atoms with E-state index in [9.17, 15) is 13.2 Å². The van der Waals surface area contributed by atoms with E-state index in [-0.39, 0.29) is 10.6 Å². The van der Waals surface area contributed by atoms with Crippen LogP contribution in [-0.2, 0) is 14.8 Å². The Labute approximate surface area is 250 Å². The second kappa shape index (κ2) is 12.8. The lowest BCUT2D eigenvalue weighted by Gasteiger charge is -2.25. The van der Waals surface area contributed by atoms with E-state index in [0.717, 1.165) is 32.5 Å². The van der Waals surface area contributed by atoms with E-state index in [4.69, 9.17) is 27.9 Å². The summed E-state index contributed by atoms with van der Waals surface area (Å²) in [6.07, 6.45) is 1.51. The zero-order chi connectivity index (χ0) is 29.7. The molecule has 0 unspecified atom stereocenters. The summed E-state index contributed by atoms with van der Waals surface area (Å²) in [6.45, 7) is 7.32. The molecule has 4 aromatic rings. The molecule has 0 radical (unpaired) electrons. The van der Waals surface area contributed by atoms with Gasteiger partial charge in [0.05, 0.1) is 23.4 Å². The summed E-state index contributed by atoms with van der Waals surface area (Å²) in [6, 6.07) is 20.3. The Morgan fingerprint density at radius 1 is 1.00 bits per heavy atom. The third-order valence-electron chi connectivity index (χ3n) is 6.30. The predicted molar refractivity (Wildman–Crippen MR) is 164 cm³/mol. The van der Waals surface area contributed by atoms with Crippen LogP contribution >= 0.6 is 23.2 Å². The second-order valence-electron chi connectivity index (χ2n) is 9.31.